The number of carbonyl (C=O) groups excluding carboxylic acids is 3. The Hall–Kier alpha value is -2.68. The third-order valence-electron chi connectivity index (χ3n) is 8.93. The summed E-state index contributed by atoms with van der Waals surface area (Å²) in [6, 6.07) is 5.22. The number of aliphatic hydroxyl groups excluding tert-OH is 1. The molecule has 3 heterocycles. The highest BCUT2D eigenvalue weighted by Gasteiger charge is 2.79. The van der Waals surface area contributed by atoms with Gasteiger partial charge in [-0.2, -0.15) is 0 Å². The van der Waals surface area contributed by atoms with Crippen molar-refractivity contribution in [3.63, 3.8) is 0 Å². The fraction of sp³-hybridized carbons (Fsp3) is 0.581. The Morgan fingerprint density at radius 1 is 1.25 bits per heavy atom. The number of unbranched alkanes of at least 4 members (excludes halogenated alkanes) is 1. The molecule has 4 rings (SSSR count). The van der Waals surface area contributed by atoms with Crippen LogP contribution in [0.4, 0.5) is 5.69 Å². The lowest BCUT2D eigenvalue weighted by Gasteiger charge is -2.40. The fourth-order valence-corrected chi connectivity index (χ4v) is 7.11. The highest BCUT2D eigenvalue weighted by atomic mass is 35.5. The molecule has 6 atom stereocenters. The number of anilines is 1. The first-order chi connectivity index (χ1) is 19.1. The van der Waals surface area contributed by atoms with Crippen molar-refractivity contribution in [1.82, 2.24) is 4.90 Å². The van der Waals surface area contributed by atoms with E-state index in [1.165, 1.54) is 4.90 Å². The summed E-state index contributed by atoms with van der Waals surface area (Å²) in [5.74, 6) is -3.02. The second kappa shape index (κ2) is 12.0. The zero-order valence-corrected chi connectivity index (χ0v) is 24.4. The molecular formula is C31H41ClN2O6. The lowest BCUT2D eigenvalue weighted by Crippen LogP contribution is -2.60. The number of hydrogen-bond donors (Lipinski definition) is 1. The van der Waals surface area contributed by atoms with Crippen molar-refractivity contribution >= 4 is 35.1 Å². The van der Waals surface area contributed by atoms with Gasteiger partial charge in [0.1, 0.15) is 17.6 Å². The Labute approximate surface area is 241 Å². The molecular weight excluding hydrogens is 532 g/mol. The number of likely N-dealkylation sites (tertiary alicyclic amines) is 1. The number of fused-ring (bicyclic) bond motifs is 1. The monoisotopic (exact) mass is 572 g/mol. The molecule has 3 aliphatic heterocycles. The summed E-state index contributed by atoms with van der Waals surface area (Å²) in [7, 11) is 0. The molecule has 0 radical (unpaired) electrons. The standard InChI is InChI=1S/C31H41ClN2O6/c1-6-9-10-18-39-29(38)25-24-27(36)34(23(19-35)20(4)5)26(31(24)16-15-30(25,8-3)40-31)28(37)33(17-7-2)22-13-11-21(32)12-14-22/h6-7,11-14,20,23-26,35H,1-2,8-10,15-19H2,3-5H3/t23-,24-,25-,26?,30+,31?/m0/s1. The third kappa shape index (κ3) is 4.88. The molecule has 0 aromatic heterocycles. The smallest absolute Gasteiger partial charge is 0.312 e. The minimum atomic E-state index is -1.22. The van der Waals surface area contributed by atoms with Crippen LogP contribution in [0.25, 0.3) is 0 Å². The summed E-state index contributed by atoms with van der Waals surface area (Å²) in [6.07, 6.45) is 6.22. The molecule has 2 amide bonds. The van der Waals surface area contributed by atoms with Gasteiger partial charge in [-0.1, -0.05) is 44.5 Å². The average Bonchev–Trinajstić information content (AvgIpc) is 3.54. The Morgan fingerprint density at radius 3 is 2.52 bits per heavy atom. The Morgan fingerprint density at radius 2 is 1.95 bits per heavy atom. The zero-order chi connectivity index (χ0) is 29.2. The number of amides is 2. The van der Waals surface area contributed by atoms with Crippen LogP contribution in [-0.4, -0.2) is 70.8 Å². The maximum atomic E-state index is 14.6. The second-order valence-electron chi connectivity index (χ2n) is 11.4. The quantitative estimate of drug-likeness (QED) is 0.212. The molecule has 0 aliphatic carbocycles. The highest BCUT2D eigenvalue weighted by molar-refractivity contribution is 6.30. The molecule has 0 saturated carbocycles. The van der Waals surface area contributed by atoms with E-state index < -0.39 is 41.1 Å². The van der Waals surface area contributed by atoms with Gasteiger partial charge in [-0.3, -0.25) is 14.4 Å². The van der Waals surface area contributed by atoms with Crippen LogP contribution in [0.2, 0.25) is 5.02 Å². The number of allylic oxidation sites excluding steroid dienone is 1. The number of carbonyl (C=O) groups is 3. The summed E-state index contributed by atoms with van der Waals surface area (Å²) in [6.45, 7) is 13.4. The summed E-state index contributed by atoms with van der Waals surface area (Å²) < 4.78 is 12.5. The normalized spacial score (nSPS) is 29.4. The van der Waals surface area contributed by atoms with Gasteiger partial charge in [-0.15, -0.1) is 13.2 Å². The van der Waals surface area contributed by atoms with Crippen LogP contribution >= 0.6 is 11.6 Å². The van der Waals surface area contributed by atoms with E-state index in [0.29, 0.717) is 42.8 Å². The summed E-state index contributed by atoms with van der Waals surface area (Å²) in [5.41, 5.74) is -1.51. The molecule has 2 bridgehead atoms. The van der Waals surface area contributed by atoms with Gasteiger partial charge in [0.2, 0.25) is 5.91 Å². The van der Waals surface area contributed by atoms with Crippen LogP contribution in [0.3, 0.4) is 0 Å². The van der Waals surface area contributed by atoms with E-state index in [0.717, 1.165) is 0 Å². The van der Waals surface area contributed by atoms with E-state index in [-0.39, 0.29) is 37.5 Å². The highest BCUT2D eigenvalue weighted by Crippen LogP contribution is 2.65. The summed E-state index contributed by atoms with van der Waals surface area (Å²) >= 11 is 6.12. The Kier molecular flexibility index (Phi) is 9.12. The number of esters is 1. The van der Waals surface area contributed by atoms with Gasteiger partial charge in [0.05, 0.1) is 30.8 Å². The topological polar surface area (TPSA) is 96.4 Å². The minimum absolute atomic E-state index is 0.149. The molecule has 2 unspecified atom stereocenters. The van der Waals surface area contributed by atoms with E-state index in [2.05, 4.69) is 13.2 Å². The second-order valence-corrected chi connectivity index (χ2v) is 11.8. The average molecular weight is 573 g/mol. The van der Waals surface area contributed by atoms with Gasteiger partial charge < -0.3 is 24.4 Å². The largest absolute Gasteiger partial charge is 0.465 e. The van der Waals surface area contributed by atoms with Crippen LogP contribution in [0.1, 0.15) is 52.9 Å². The molecule has 1 aromatic carbocycles. The zero-order valence-electron chi connectivity index (χ0n) is 23.7. The molecule has 1 aromatic rings. The molecule has 3 saturated heterocycles. The number of aliphatic hydroxyl groups is 1. The van der Waals surface area contributed by atoms with Gasteiger partial charge in [0, 0.05) is 17.3 Å². The number of ether oxygens (including phenoxy) is 2. The summed E-state index contributed by atoms with van der Waals surface area (Å²) in [5, 5.41) is 11.0. The van der Waals surface area contributed by atoms with Crippen molar-refractivity contribution < 1.29 is 29.0 Å². The van der Waals surface area contributed by atoms with E-state index in [9.17, 15) is 19.5 Å². The lowest BCUT2D eigenvalue weighted by atomic mass is 9.65. The van der Waals surface area contributed by atoms with Gasteiger partial charge in [0.15, 0.2) is 0 Å². The van der Waals surface area contributed by atoms with Crippen LogP contribution in [0.5, 0.6) is 0 Å². The number of nitrogens with zero attached hydrogens (tertiary/aromatic N) is 2. The number of halogens is 1. The van der Waals surface area contributed by atoms with Crippen molar-refractivity contribution in [2.45, 2.75) is 76.2 Å². The number of rotatable bonds is 13. The third-order valence-corrected chi connectivity index (χ3v) is 9.19. The molecule has 1 N–H and O–H groups in total. The molecule has 3 fully saturated rings. The van der Waals surface area contributed by atoms with Crippen LogP contribution in [-0.2, 0) is 23.9 Å². The summed E-state index contributed by atoms with van der Waals surface area (Å²) in [4.78, 5) is 45.7. The maximum absolute atomic E-state index is 14.6. The van der Waals surface area contributed by atoms with Crippen LogP contribution < -0.4 is 4.90 Å². The Balaban J connectivity index is 1.81. The SMILES string of the molecule is C=CCCCOC(=O)[C@@H]1[C@H]2C(=O)N([C@@H](CO)C(C)C)C(C(=O)N(CC=C)c3ccc(Cl)cc3)C23CC[C@@]1(CC)O3. The van der Waals surface area contributed by atoms with Crippen LogP contribution in [0.15, 0.2) is 49.6 Å². The van der Waals surface area contributed by atoms with Crippen LogP contribution in [0, 0.1) is 17.8 Å². The predicted molar refractivity (Wildman–Crippen MR) is 154 cm³/mol. The molecule has 8 nitrogen and oxygen atoms in total. The number of hydrogen-bond acceptors (Lipinski definition) is 6. The first kappa shape index (κ1) is 30.3. The van der Waals surface area contributed by atoms with Crippen molar-refractivity contribution in [2.24, 2.45) is 17.8 Å². The molecule has 1 spiro atoms. The van der Waals surface area contributed by atoms with Crippen molar-refractivity contribution in [3.8, 4) is 0 Å². The van der Waals surface area contributed by atoms with Gasteiger partial charge in [0.25, 0.3) is 5.91 Å². The fourth-order valence-electron chi connectivity index (χ4n) is 6.98. The van der Waals surface area contributed by atoms with Gasteiger partial charge in [-0.25, -0.2) is 0 Å². The molecule has 218 valence electrons. The molecule has 3 aliphatic rings. The first-order valence-electron chi connectivity index (χ1n) is 14.2. The maximum Gasteiger partial charge on any atom is 0.312 e. The minimum Gasteiger partial charge on any atom is -0.465 e. The van der Waals surface area contributed by atoms with E-state index >= 15 is 0 Å². The van der Waals surface area contributed by atoms with E-state index in [4.69, 9.17) is 21.1 Å². The molecule has 40 heavy (non-hydrogen) atoms. The van der Waals surface area contributed by atoms with Crippen molar-refractivity contribution in [1.29, 1.82) is 0 Å². The lowest BCUT2D eigenvalue weighted by molar-refractivity contribution is -0.162. The van der Waals surface area contributed by atoms with Gasteiger partial charge in [-0.05, 0) is 62.3 Å². The first-order valence-corrected chi connectivity index (χ1v) is 14.6. The van der Waals surface area contributed by atoms with Crippen molar-refractivity contribution in [2.75, 3.05) is 24.7 Å². The number of benzene rings is 1. The molecule has 9 heteroatoms. The van der Waals surface area contributed by atoms with E-state index in [1.807, 2.05) is 20.8 Å². The Bertz CT molecular complexity index is 1140. The van der Waals surface area contributed by atoms with E-state index in [1.54, 1.807) is 41.3 Å². The van der Waals surface area contributed by atoms with Crippen molar-refractivity contribution in [3.05, 3.63) is 54.6 Å². The predicted octanol–water partition coefficient (Wildman–Crippen LogP) is 4.54. The van der Waals surface area contributed by atoms with Gasteiger partial charge >= 0.3 is 5.97 Å².